The third kappa shape index (κ3) is 7.97. The van der Waals surface area contributed by atoms with E-state index in [4.69, 9.17) is 0 Å². The minimum Gasteiger partial charge on any atom is -0.207 e. The normalized spacial score (nSPS) is 13.9. The Bertz CT molecular complexity index is 244. The largest absolute Gasteiger partial charge is 0.416 e. The molecule has 0 N–H and O–H groups in total. The Morgan fingerprint density at radius 3 is 1.80 bits per heavy atom. The highest BCUT2D eigenvalue weighted by Crippen LogP contribution is 2.27. The standard InChI is InChI=1S/C9H10F4.C2H6/c1-3-5-8(10)6-7(4-2)9(11,12)13;1-2/h3-6H,1-2H3;1-2H3/b5-3-,7-4+,8-6+;. The highest BCUT2D eigenvalue weighted by atomic mass is 19.4. The topological polar surface area (TPSA) is 0 Å². The van der Waals surface area contributed by atoms with Crippen molar-refractivity contribution in [1.82, 2.24) is 0 Å². The van der Waals surface area contributed by atoms with Crippen LogP contribution in [0.2, 0.25) is 0 Å². The lowest BCUT2D eigenvalue weighted by atomic mass is 10.2. The molecular formula is C11H16F4. The summed E-state index contributed by atoms with van der Waals surface area (Å²) in [4.78, 5) is 0. The molecule has 0 radical (unpaired) electrons. The maximum absolute atomic E-state index is 12.6. The smallest absolute Gasteiger partial charge is 0.207 e. The predicted octanol–water partition coefficient (Wildman–Crippen LogP) is 4.95. The lowest BCUT2D eigenvalue weighted by Crippen LogP contribution is -2.09. The van der Waals surface area contributed by atoms with E-state index >= 15 is 0 Å². The molecular weight excluding hydrogens is 208 g/mol. The van der Waals surface area contributed by atoms with Gasteiger partial charge in [-0.15, -0.1) is 0 Å². The van der Waals surface area contributed by atoms with E-state index in [0.29, 0.717) is 6.08 Å². The summed E-state index contributed by atoms with van der Waals surface area (Å²) in [5.74, 6) is -0.909. The zero-order chi connectivity index (χ0) is 12.5. The lowest BCUT2D eigenvalue weighted by Gasteiger charge is -2.05. The first-order valence-electron chi connectivity index (χ1n) is 4.65. The van der Waals surface area contributed by atoms with Gasteiger partial charge in [0.25, 0.3) is 0 Å². The lowest BCUT2D eigenvalue weighted by molar-refractivity contribution is -0.0884. The fourth-order valence-electron chi connectivity index (χ4n) is 0.685. The summed E-state index contributed by atoms with van der Waals surface area (Å²) in [7, 11) is 0. The van der Waals surface area contributed by atoms with E-state index in [-0.39, 0.29) is 0 Å². The van der Waals surface area contributed by atoms with Crippen LogP contribution in [0.1, 0.15) is 27.7 Å². The Balaban J connectivity index is 0. The van der Waals surface area contributed by atoms with Crippen LogP contribution in [0.5, 0.6) is 0 Å². The van der Waals surface area contributed by atoms with E-state index < -0.39 is 17.6 Å². The molecule has 0 saturated carbocycles. The Kier molecular flexibility index (Phi) is 9.02. The molecule has 0 spiro atoms. The zero-order valence-electron chi connectivity index (χ0n) is 9.32. The Labute approximate surface area is 88.0 Å². The van der Waals surface area contributed by atoms with Crippen LogP contribution in [0, 0.1) is 0 Å². The highest BCUT2D eigenvalue weighted by Gasteiger charge is 2.31. The van der Waals surface area contributed by atoms with Crippen molar-refractivity contribution in [3.8, 4) is 0 Å². The predicted molar refractivity (Wildman–Crippen MR) is 55.2 cm³/mol. The van der Waals surface area contributed by atoms with Crippen molar-refractivity contribution >= 4 is 0 Å². The first-order chi connectivity index (χ1) is 6.91. The number of halogens is 4. The molecule has 15 heavy (non-hydrogen) atoms. The van der Waals surface area contributed by atoms with Crippen molar-refractivity contribution in [3.05, 3.63) is 35.7 Å². The minimum atomic E-state index is -4.49. The van der Waals surface area contributed by atoms with Gasteiger partial charge in [-0.3, -0.25) is 0 Å². The van der Waals surface area contributed by atoms with Crippen LogP contribution in [-0.4, -0.2) is 6.18 Å². The molecule has 0 rings (SSSR count). The maximum Gasteiger partial charge on any atom is 0.416 e. The molecule has 0 aliphatic heterocycles. The highest BCUT2D eigenvalue weighted by molar-refractivity contribution is 5.29. The van der Waals surface area contributed by atoms with Gasteiger partial charge < -0.3 is 0 Å². The second-order valence-electron chi connectivity index (χ2n) is 2.27. The van der Waals surface area contributed by atoms with Gasteiger partial charge in [-0.1, -0.05) is 26.0 Å². The van der Waals surface area contributed by atoms with Crippen LogP contribution in [0.4, 0.5) is 17.6 Å². The van der Waals surface area contributed by atoms with Crippen molar-refractivity contribution < 1.29 is 17.6 Å². The molecule has 0 unspecified atom stereocenters. The van der Waals surface area contributed by atoms with Gasteiger partial charge in [0, 0.05) is 0 Å². The third-order valence-electron chi connectivity index (χ3n) is 1.26. The molecule has 0 aliphatic carbocycles. The maximum atomic E-state index is 12.6. The van der Waals surface area contributed by atoms with Crippen LogP contribution in [0.25, 0.3) is 0 Å². The summed E-state index contributed by atoms with van der Waals surface area (Å²) in [5, 5.41) is 0. The molecule has 0 aromatic rings. The van der Waals surface area contributed by atoms with Crippen LogP contribution < -0.4 is 0 Å². The summed E-state index contributed by atoms with van der Waals surface area (Å²) in [5.41, 5.74) is -0.983. The molecule has 0 amide bonds. The zero-order valence-corrected chi connectivity index (χ0v) is 9.32. The van der Waals surface area contributed by atoms with Gasteiger partial charge >= 0.3 is 6.18 Å². The van der Waals surface area contributed by atoms with Crippen molar-refractivity contribution in [2.45, 2.75) is 33.9 Å². The van der Waals surface area contributed by atoms with Gasteiger partial charge in [0.05, 0.1) is 5.57 Å². The molecule has 0 fully saturated rings. The van der Waals surface area contributed by atoms with E-state index in [1.54, 1.807) is 0 Å². The number of hydrogen-bond donors (Lipinski definition) is 0. The van der Waals surface area contributed by atoms with Crippen molar-refractivity contribution in [2.24, 2.45) is 0 Å². The molecule has 0 aromatic carbocycles. The first kappa shape index (κ1) is 16.4. The fourth-order valence-corrected chi connectivity index (χ4v) is 0.685. The summed E-state index contributed by atoms with van der Waals surface area (Å²) in [6.07, 6.45) is -0.915. The SMILES string of the molecule is CC.C\C=C/C(F)=C\C(=C/C)C(F)(F)F. The van der Waals surface area contributed by atoms with Crippen molar-refractivity contribution in [2.75, 3.05) is 0 Å². The number of allylic oxidation sites excluding steroid dienone is 6. The van der Waals surface area contributed by atoms with E-state index in [0.717, 1.165) is 12.2 Å². The van der Waals surface area contributed by atoms with E-state index in [1.807, 2.05) is 13.8 Å². The molecule has 0 nitrogen and oxygen atoms in total. The van der Waals surface area contributed by atoms with Gasteiger partial charge in [-0.05, 0) is 26.0 Å². The second kappa shape index (κ2) is 8.26. The average Bonchev–Trinajstić information content (AvgIpc) is 2.16. The summed E-state index contributed by atoms with van der Waals surface area (Å²) in [6.45, 7) is 6.73. The van der Waals surface area contributed by atoms with Crippen LogP contribution in [0.3, 0.4) is 0 Å². The second-order valence-corrected chi connectivity index (χ2v) is 2.27. The molecule has 88 valence electrons. The van der Waals surface area contributed by atoms with Gasteiger partial charge in [-0.2, -0.15) is 13.2 Å². The summed E-state index contributed by atoms with van der Waals surface area (Å²) >= 11 is 0. The third-order valence-corrected chi connectivity index (χ3v) is 1.26. The van der Waals surface area contributed by atoms with Gasteiger partial charge in [0.15, 0.2) is 0 Å². The Morgan fingerprint density at radius 1 is 1.07 bits per heavy atom. The first-order valence-corrected chi connectivity index (χ1v) is 4.65. The van der Waals surface area contributed by atoms with Crippen LogP contribution in [-0.2, 0) is 0 Å². The van der Waals surface area contributed by atoms with E-state index in [2.05, 4.69) is 0 Å². The van der Waals surface area contributed by atoms with Gasteiger partial charge in [0.2, 0.25) is 0 Å². The molecule has 4 heteroatoms. The fraction of sp³-hybridized carbons (Fsp3) is 0.455. The molecule has 0 atom stereocenters. The Hall–Kier alpha value is -1.06. The van der Waals surface area contributed by atoms with Crippen LogP contribution in [0.15, 0.2) is 35.7 Å². The molecule has 0 bridgehead atoms. The van der Waals surface area contributed by atoms with Crippen LogP contribution >= 0.6 is 0 Å². The van der Waals surface area contributed by atoms with Gasteiger partial charge in [0.1, 0.15) is 5.83 Å². The minimum absolute atomic E-state index is 0.458. The molecule has 0 saturated heterocycles. The van der Waals surface area contributed by atoms with E-state index in [9.17, 15) is 17.6 Å². The van der Waals surface area contributed by atoms with Gasteiger partial charge in [-0.25, -0.2) is 4.39 Å². The number of hydrogen-bond acceptors (Lipinski definition) is 0. The quantitative estimate of drug-likeness (QED) is 0.460. The summed E-state index contributed by atoms with van der Waals surface area (Å²) < 4.78 is 48.7. The van der Waals surface area contributed by atoms with Crippen molar-refractivity contribution in [3.63, 3.8) is 0 Å². The molecule has 0 heterocycles. The number of rotatable bonds is 2. The monoisotopic (exact) mass is 224 g/mol. The van der Waals surface area contributed by atoms with Crippen molar-refractivity contribution in [1.29, 1.82) is 0 Å². The molecule has 0 aromatic heterocycles. The summed E-state index contributed by atoms with van der Waals surface area (Å²) in [6, 6.07) is 0. The molecule has 0 aliphatic rings. The average molecular weight is 224 g/mol. The number of alkyl halides is 3. The van der Waals surface area contributed by atoms with E-state index in [1.165, 1.54) is 19.9 Å². The Morgan fingerprint density at radius 2 is 1.53 bits per heavy atom.